The Kier molecular flexibility index (Phi) is 2.04. The van der Waals surface area contributed by atoms with Gasteiger partial charge < -0.3 is 10.1 Å². The summed E-state index contributed by atoms with van der Waals surface area (Å²) in [5.74, 6) is 0. The lowest BCUT2D eigenvalue weighted by Gasteiger charge is -2.07. The second-order valence-corrected chi connectivity index (χ2v) is 5.00. The number of fused-ring (bicyclic) bond motifs is 1. The molecular formula is C13H17N3. The van der Waals surface area contributed by atoms with Crippen LogP contribution in [0, 0.1) is 6.92 Å². The van der Waals surface area contributed by atoms with Crippen molar-refractivity contribution in [1.82, 2.24) is 9.38 Å². The van der Waals surface area contributed by atoms with Crippen molar-refractivity contribution < 1.29 is 0 Å². The monoisotopic (exact) mass is 215 g/mol. The van der Waals surface area contributed by atoms with Crippen LogP contribution in [0.1, 0.15) is 30.5 Å². The van der Waals surface area contributed by atoms with Gasteiger partial charge in [-0.1, -0.05) is 6.07 Å². The van der Waals surface area contributed by atoms with Crippen LogP contribution in [0.3, 0.4) is 0 Å². The number of hydrogen-bond donors (Lipinski definition) is 1. The maximum Gasteiger partial charge on any atom is 0.139 e. The molecule has 1 aliphatic carbocycles. The zero-order valence-corrected chi connectivity index (χ0v) is 9.61. The van der Waals surface area contributed by atoms with Crippen molar-refractivity contribution in [3.05, 3.63) is 35.8 Å². The van der Waals surface area contributed by atoms with E-state index < -0.39 is 0 Å². The van der Waals surface area contributed by atoms with Gasteiger partial charge >= 0.3 is 0 Å². The standard InChI is InChI=1S/C13H17N3/c1-10-3-2-8-16-11(9-15-12(10)16)4-5-13(14)6-7-13/h2-3,8-9H,4-7,14H2,1H3. The molecule has 84 valence electrons. The molecule has 1 aliphatic rings. The van der Waals surface area contributed by atoms with Gasteiger partial charge in [-0.15, -0.1) is 0 Å². The molecule has 0 aromatic carbocycles. The number of nitrogens with zero attached hydrogens (tertiary/aromatic N) is 2. The Morgan fingerprint density at radius 2 is 2.31 bits per heavy atom. The SMILES string of the molecule is Cc1cccn2c(CCC3(N)CC3)cnc12. The molecule has 2 N–H and O–H groups in total. The Labute approximate surface area is 95.3 Å². The van der Waals surface area contributed by atoms with Gasteiger partial charge in [-0.25, -0.2) is 4.98 Å². The van der Waals surface area contributed by atoms with Crippen LogP contribution in [-0.2, 0) is 6.42 Å². The predicted molar refractivity (Wildman–Crippen MR) is 64.4 cm³/mol. The highest BCUT2D eigenvalue weighted by atomic mass is 15.0. The van der Waals surface area contributed by atoms with Crippen LogP contribution in [0.4, 0.5) is 0 Å². The van der Waals surface area contributed by atoms with E-state index in [1.54, 1.807) is 0 Å². The zero-order valence-electron chi connectivity index (χ0n) is 9.61. The fourth-order valence-corrected chi connectivity index (χ4v) is 2.17. The Bertz CT molecular complexity index is 523. The number of imidazole rings is 1. The third kappa shape index (κ3) is 1.61. The van der Waals surface area contributed by atoms with E-state index >= 15 is 0 Å². The fourth-order valence-electron chi connectivity index (χ4n) is 2.17. The zero-order chi connectivity index (χ0) is 11.2. The summed E-state index contributed by atoms with van der Waals surface area (Å²) in [6.45, 7) is 2.09. The van der Waals surface area contributed by atoms with Gasteiger partial charge in [0.15, 0.2) is 0 Å². The van der Waals surface area contributed by atoms with E-state index in [9.17, 15) is 0 Å². The summed E-state index contributed by atoms with van der Waals surface area (Å²) in [4.78, 5) is 4.46. The lowest BCUT2D eigenvalue weighted by Crippen LogP contribution is -2.22. The van der Waals surface area contributed by atoms with Gasteiger partial charge in [0.1, 0.15) is 5.65 Å². The number of rotatable bonds is 3. The lowest BCUT2D eigenvalue weighted by molar-refractivity contribution is 0.601. The molecule has 2 aromatic heterocycles. The molecule has 0 bridgehead atoms. The van der Waals surface area contributed by atoms with Crippen molar-refractivity contribution >= 4 is 5.65 Å². The quantitative estimate of drug-likeness (QED) is 0.851. The van der Waals surface area contributed by atoms with Crippen LogP contribution in [-0.4, -0.2) is 14.9 Å². The predicted octanol–water partition coefficient (Wildman–Crippen LogP) is 2.07. The van der Waals surface area contributed by atoms with E-state index in [2.05, 4.69) is 34.6 Å². The van der Waals surface area contributed by atoms with E-state index in [1.807, 2.05) is 6.20 Å². The van der Waals surface area contributed by atoms with Crippen LogP contribution in [0.15, 0.2) is 24.5 Å². The second kappa shape index (κ2) is 3.32. The van der Waals surface area contributed by atoms with Crippen molar-refractivity contribution in [2.24, 2.45) is 5.73 Å². The maximum atomic E-state index is 6.11. The highest BCUT2D eigenvalue weighted by molar-refractivity contribution is 5.48. The van der Waals surface area contributed by atoms with E-state index in [0.29, 0.717) is 0 Å². The third-order valence-electron chi connectivity index (χ3n) is 3.58. The molecule has 0 aliphatic heterocycles. The first-order valence-electron chi connectivity index (χ1n) is 5.88. The molecule has 2 aromatic rings. The first-order valence-corrected chi connectivity index (χ1v) is 5.88. The van der Waals surface area contributed by atoms with Gasteiger partial charge in [0.2, 0.25) is 0 Å². The molecule has 3 nitrogen and oxygen atoms in total. The minimum absolute atomic E-state index is 0.133. The normalized spacial score (nSPS) is 17.9. The van der Waals surface area contributed by atoms with E-state index in [0.717, 1.165) is 18.5 Å². The smallest absolute Gasteiger partial charge is 0.139 e. The average Bonchev–Trinajstić information content (AvgIpc) is 2.86. The molecule has 1 saturated carbocycles. The minimum atomic E-state index is 0.133. The van der Waals surface area contributed by atoms with Crippen LogP contribution in [0.25, 0.3) is 5.65 Å². The highest BCUT2D eigenvalue weighted by Crippen LogP contribution is 2.36. The molecule has 0 amide bonds. The summed E-state index contributed by atoms with van der Waals surface area (Å²) in [6.07, 6.45) is 8.54. The molecule has 0 atom stereocenters. The molecule has 0 spiro atoms. The number of hydrogen-bond acceptors (Lipinski definition) is 2. The number of nitrogens with two attached hydrogens (primary N) is 1. The molecule has 0 unspecified atom stereocenters. The molecule has 0 saturated heterocycles. The second-order valence-electron chi connectivity index (χ2n) is 5.00. The first-order chi connectivity index (χ1) is 7.68. The van der Waals surface area contributed by atoms with Crippen molar-refractivity contribution in [3.63, 3.8) is 0 Å². The molecule has 3 rings (SSSR count). The van der Waals surface area contributed by atoms with E-state index in [4.69, 9.17) is 5.73 Å². The molecule has 1 fully saturated rings. The highest BCUT2D eigenvalue weighted by Gasteiger charge is 2.37. The van der Waals surface area contributed by atoms with Crippen LogP contribution in [0.5, 0.6) is 0 Å². The topological polar surface area (TPSA) is 43.3 Å². The van der Waals surface area contributed by atoms with E-state index in [1.165, 1.54) is 24.1 Å². The molecule has 3 heteroatoms. The van der Waals surface area contributed by atoms with Gasteiger partial charge in [-0.3, -0.25) is 0 Å². The number of aromatic nitrogens is 2. The van der Waals surface area contributed by atoms with Gasteiger partial charge in [-0.05, 0) is 44.2 Å². The largest absolute Gasteiger partial charge is 0.325 e. The molecule has 0 radical (unpaired) electrons. The molecular weight excluding hydrogens is 198 g/mol. The third-order valence-corrected chi connectivity index (χ3v) is 3.58. The summed E-state index contributed by atoms with van der Waals surface area (Å²) in [7, 11) is 0. The van der Waals surface area contributed by atoms with Crippen molar-refractivity contribution in [2.45, 2.75) is 38.1 Å². The Morgan fingerprint density at radius 1 is 1.50 bits per heavy atom. The van der Waals surface area contributed by atoms with Crippen molar-refractivity contribution in [2.75, 3.05) is 0 Å². The Balaban J connectivity index is 1.89. The van der Waals surface area contributed by atoms with Crippen LogP contribution in [0.2, 0.25) is 0 Å². The summed E-state index contributed by atoms with van der Waals surface area (Å²) < 4.78 is 2.18. The van der Waals surface area contributed by atoms with Gasteiger partial charge in [0.25, 0.3) is 0 Å². The Morgan fingerprint density at radius 3 is 3.06 bits per heavy atom. The van der Waals surface area contributed by atoms with Gasteiger partial charge in [0, 0.05) is 23.6 Å². The summed E-state index contributed by atoms with van der Waals surface area (Å²) in [5, 5.41) is 0. The van der Waals surface area contributed by atoms with Gasteiger partial charge in [-0.2, -0.15) is 0 Å². The summed E-state index contributed by atoms with van der Waals surface area (Å²) in [5.41, 5.74) is 9.81. The molecule has 2 heterocycles. The van der Waals surface area contributed by atoms with Crippen molar-refractivity contribution in [3.8, 4) is 0 Å². The fraction of sp³-hybridized carbons (Fsp3) is 0.462. The van der Waals surface area contributed by atoms with Crippen LogP contribution < -0.4 is 5.73 Å². The summed E-state index contributed by atoms with van der Waals surface area (Å²) in [6, 6.07) is 4.17. The van der Waals surface area contributed by atoms with Crippen LogP contribution >= 0.6 is 0 Å². The van der Waals surface area contributed by atoms with Gasteiger partial charge in [0.05, 0.1) is 0 Å². The van der Waals surface area contributed by atoms with E-state index in [-0.39, 0.29) is 5.54 Å². The number of aryl methyl sites for hydroxylation is 2. The maximum absolute atomic E-state index is 6.11. The average molecular weight is 215 g/mol. The lowest BCUT2D eigenvalue weighted by atomic mass is 10.1. The number of pyridine rings is 1. The summed E-state index contributed by atoms with van der Waals surface area (Å²) >= 11 is 0. The minimum Gasteiger partial charge on any atom is -0.325 e. The van der Waals surface area contributed by atoms with Crippen molar-refractivity contribution in [1.29, 1.82) is 0 Å². The Hall–Kier alpha value is -1.35. The first kappa shape index (κ1) is 9.85. The molecule has 16 heavy (non-hydrogen) atoms.